The Morgan fingerprint density at radius 1 is 1.41 bits per heavy atom. The standard InChI is InChI=1S/C13H22N2O2/c1-4-13(3)12(17)15(8-7-10-5-6-10)9(2)11(16)14-13/h9-10H,4-8H2,1-3H3,(H,14,16). The lowest BCUT2D eigenvalue weighted by atomic mass is 9.92. The maximum Gasteiger partial charge on any atom is 0.248 e. The van der Waals surface area contributed by atoms with Crippen LogP contribution >= 0.6 is 0 Å². The van der Waals surface area contributed by atoms with E-state index in [1.807, 2.05) is 20.8 Å². The molecule has 96 valence electrons. The van der Waals surface area contributed by atoms with Crippen LogP contribution in [0.4, 0.5) is 0 Å². The van der Waals surface area contributed by atoms with Gasteiger partial charge < -0.3 is 10.2 Å². The van der Waals surface area contributed by atoms with E-state index in [9.17, 15) is 9.59 Å². The molecule has 2 atom stereocenters. The third-order valence-electron chi connectivity index (χ3n) is 4.16. The molecule has 17 heavy (non-hydrogen) atoms. The molecular formula is C13H22N2O2. The predicted molar refractivity (Wildman–Crippen MR) is 65.4 cm³/mol. The van der Waals surface area contributed by atoms with E-state index in [1.54, 1.807) is 4.90 Å². The van der Waals surface area contributed by atoms with Crippen molar-refractivity contribution in [1.82, 2.24) is 10.2 Å². The van der Waals surface area contributed by atoms with Crippen molar-refractivity contribution in [1.29, 1.82) is 0 Å². The molecule has 1 heterocycles. The normalized spacial score (nSPS) is 33.8. The highest BCUT2D eigenvalue weighted by atomic mass is 16.2. The van der Waals surface area contributed by atoms with Gasteiger partial charge in [-0.2, -0.15) is 0 Å². The van der Waals surface area contributed by atoms with E-state index in [2.05, 4.69) is 5.32 Å². The lowest BCUT2D eigenvalue weighted by Crippen LogP contribution is -2.68. The average molecular weight is 238 g/mol. The van der Waals surface area contributed by atoms with Crippen LogP contribution in [0.15, 0.2) is 0 Å². The fourth-order valence-corrected chi connectivity index (χ4v) is 2.33. The Kier molecular flexibility index (Phi) is 3.15. The van der Waals surface area contributed by atoms with Gasteiger partial charge in [0.25, 0.3) is 0 Å². The van der Waals surface area contributed by atoms with Crippen molar-refractivity contribution < 1.29 is 9.59 Å². The number of carbonyl (C=O) groups excluding carboxylic acids is 2. The number of rotatable bonds is 4. The maximum atomic E-state index is 12.4. The Balaban J connectivity index is 2.08. The molecular weight excluding hydrogens is 216 g/mol. The molecule has 0 spiro atoms. The summed E-state index contributed by atoms with van der Waals surface area (Å²) < 4.78 is 0. The molecule has 1 saturated carbocycles. The zero-order valence-corrected chi connectivity index (χ0v) is 11.0. The number of piperazine rings is 1. The van der Waals surface area contributed by atoms with Gasteiger partial charge >= 0.3 is 0 Å². The Labute approximate surface area is 103 Å². The summed E-state index contributed by atoms with van der Waals surface area (Å²) in [5, 5.41) is 2.85. The molecule has 0 radical (unpaired) electrons. The second kappa shape index (κ2) is 4.31. The first kappa shape index (κ1) is 12.4. The summed E-state index contributed by atoms with van der Waals surface area (Å²) in [6, 6.07) is -0.319. The third kappa shape index (κ3) is 2.31. The SMILES string of the molecule is CCC1(C)NC(=O)C(C)N(CCC2CC2)C1=O. The van der Waals surface area contributed by atoms with Crippen LogP contribution in [0.1, 0.15) is 46.5 Å². The Hall–Kier alpha value is -1.06. The minimum absolute atomic E-state index is 0.0234. The van der Waals surface area contributed by atoms with Gasteiger partial charge in [-0.25, -0.2) is 0 Å². The second-order valence-corrected chi connectivity index (χ2v) is 5.58. The number of hydrogen-bond acceptors (Lipinski definition) is 2. The van der Waals surface area contributed by atoms with Crippen LogP contribution in [-0.2, 0) is 9.59 Å². The molecule has 0 aromatic carbocycles. The van der Waals surface area contributed by atoms with Crippen molar-refractivity contribution in [3.63, 3.8) is 0 Å². The van der Waals surface area contributed by atoms with Crippen molar-refractivity contribution in [2.45, 2.75) is 58.0 Å². The Morgan fingerprint density at radius 2 is 2.06 bits per heavy atom. The van der Waals surface area contributed by atoms with Gasteiger partial charge in [0, 0.05) is 6.54 Å². The predicted octanol–water partition coefficient (Wildman–Crippen LogP) is 1.30. The lowest BCUT2D eigenvalue weighted by Gasteiger charge is -2.43. The van der Waals surface area contributed by atoms with Crippen LogP contribution in [-0.4, -0.2) is 34.8 Å². The van der Waals surface area contributed by atoms with Crippen molar-refractivity contribution in [3.8, 4) is 0 Å². The fourth-order valence-electron chi connectivity index (χ4n) is 2.33. The number of carbonyl (C=O) groups is 2. The molecule has 1 N–H and O–H groups in total. The minimum Gasteiger partial charge on any atom is -0.340 e. The molecule has 1 saturated heterocycles. The van der Waals surface area contributed by atoms with Gasteiger partial charge in [-0.15, -0.1) is 0 Å². The van der Waals surface area contributed by atoms with E-state index in [1.165, 1.54) is 12.8 Å². The van der Waals surface area contributed by atoms with Gasteiger partial charge in [0.15, 0.2) is 0 Å². The summed E-state index contributed by atoms with van der Waals surface area (Å²) in [7, 11) is 0. The van der Waals surface area contributed by atoms with Gasteiger partial charge in [0.05, 0.1) is 0 Å². The second-order valence-electron chi connectivity index (χ2n) is 5.58. The number of amides is 2. The molecule has 4 heteroatoms. The van der Waals surface area contributed by atoms with Crippen LogP contribution in [0.3, 0.4) is 0 Å². The van der Waals surface area contributed by atoms with Gasteiger partial charge in [-0.1, -0.05) is 19.8 Å². The van der Waals surface area contributed by atoms with Crippen LogP contribution in [0.5, 0.6) is 0 Å². The molecule has 2 fully saturated rings. The van der Waals surface area contributed by atoms with Gasteiger partial charge in [0.2, 0.25) is 11.8 Å². The number of hydrogen-bond donors (Lipinski definition) is 1. The summed E-state index contributed by atoms with van der Waals surface area (Å²) in [6.07, 6.45) is 4.26. The van der Waals surface area contributed by atoms with Crippen molar-refractivity contribution in [2.75, 3.05) is 6.54 Å². The smallest absolute Gasteiger partial charge is 0.248 e. The highest BCUT2D eigenvalue weighted by molar-refractivity contribution is 5.99. The summed E-state index contributed by atoms with van der Waals surface area (Å²) >= 11 is 0. The summed E-state index contributed by atoms with van der Waals surface area (Å²) in [6.45, 7) is 6.31. The highest BCUT2D eigenvalue weighted by Gasteiger charge is 2.45. The molecule has 1 aliphatic heterocycles. The number of nitrogens with one attached hydrogen (secondary N) is 1. The molecule has 2 rings (SSSR count). The first-order valence-electron chi connectivity index (χ1n) is 6.61. The van der Waals surface area contributed by atoms with E-state index in [-0.39, 0.29) is 17.9 Å². The molecule has 0 aromatic rings. The molecule has 2 amide bonds. The highest BCUT2D eigenvalue weighted by Crippen LogP contribution is 2.33. The summed E-state index contributed by atoms with van der Waals surface area (Å²) in [5.41, 5.74) is -0.701. The zero-order chi connectivity index (χ0) is 12.6. The van der Waals surface area contributed by atoms with E-state index in [0.717, 1.165) is 18.9 Å². The van der Waals surface area contributed by atoms with E-state index in [0.29, 0.717) is 6.42 Å². The Bertz CT molecular complexity index is 338. The van der Waals surface area contributed by atoms with Gasteiger partial charge in [0.1, 0.15) is 11.6 Å². The van der Waals surface area contributed by atoms with Crippen LogP contribution in [0, 0.1) is 5.92 Å². The van der Waals surface area contributed by atoms with E-state index < -0.39 is 5.54 Å². The molecule has 1 aliphatic carbocycles. The van der Waals surface area contributed by atoms with Crippen molar-refractivity contribution >= 4 is 11.8 Å². The minimum atomic E-state index is -0.701. The van der Waals surface area contributed by atoms with E-state index >= 15 is 0 Å². The first-order chi connectivity index (χ1) is 7.98. The van der Waals surface area contributed by atoms with Crippen LogP contribution in [0.2, 0.25) is 0 Å². The van der Waals surface area contributed by atoms with Crippen LogP contribution < -0.4 is 5.32 Å². The zero-order valence-electron chi connectivity index (χ0n) is 11.0. The maximum absolute atomic E-state index is 12.4. The first-order valence-corrected chi connectivity index (χ1v) is 6.61. The largest absolute Gasteiger partial charge is 0.340 e. The van der Waals surface area contributed by atoms with E-state index in [4.69, 9.17) is 0 Å². The van der Waals surface area contributed by atoms with Crippen molar-refractivity contribution in [3.05, 3.63) is 0 Å². The van der Waals surface area contributed by atoms with Crippen LogP contribution in [0.25, 0.3) is 0 Å². The quantitative estimate of drug-likeness (QED) is 0.802. The van der Waals surface area contributed by atoms with Gasteiger partial charge in [-0.3, -0.25) is 9.59 Å². The Morgan fingerprint density at radius 3 is 2.59 bits per heavy atom. The topological polar surface area (TPSA) is 49.4 Å². The average Bonchev–Trinajstić information content (AvgIpc) is 3.10. The molecule has 0 aromatic heterocycles. The summed E-state index contributed by atoms with van der Waals surface area (Å²) in [5.74, 6) is 0.838. The number of nitrogens with zero attached hydrogens (tertiary/aromatic N) is 1. The molecule has 4 nitrogen and oxygen atoms in total. The van der Waals surface area contributed by atoms with Gasteiger partial charge in [-0.05, 0) is 32.6 Å². The third-order valence-corrected chi connectivity index (χ3v) is 4.16. The summed E-state index contributed by atoms with van der Waals surface area (Å²) in [4.78, 5) is 26.0. The lowest BCUT2D eigenvalue weighted by molar-refractivity contribution is -0.153. The monoisotopic (exact) mass is 238 g/mol. The fraction of sp³-hybridized carbons (Fsp3) is 0.846. The molecule has 2 unspecified atom stereocenters. The molecule has 2 aliphatic rings. The molecule has 0 bridgehead atoms. The van der Waals surface area contributed by atoms with Crippen molar-refractivity contribution in [2.24, 2.45) is 5.92 Å².